The van der Waals surface area contributed by atoms with Crippen LogP contribution in [0.25, 0.3) is 0 Å². The van der Waals surface area contributed by atoms with Gasteiger partial charge < -0.3 is 15.4 Å². The fourth-order valence-electron chi connectivity index (χ4n) is 4.50. The van der Waals surface area contributed by atoms with Crippen LogP contribution in [0, 0.1) is 11.8 Å². The zero-order valence-corrected chi connectivity index (χ0v) is 22.7. The third-order valence-electron chi connectivity index (χ3n) is 6.26. The number of morpholine rings is 1. The molecule has 1 atom stereocenters. The summed E-state index contributed by atoms with van der Waals surface area (Å²) in [7, 11) is 1.88. The topological polar surface area (TPSA) is 52.1 Å². The summed E-state index contributed by atoms with van der Waals surface area (Å²) in [5.41, 5.74) is 0. The van der Waals surface area contributed by atoms with Gasteiger partial charge in [-0.3, -0.25) is 14.8 Å². The van der Waals surface area contributed by atoms with E-state index >= 15 is 0 Å². The summed E-state index contributed by atoms with van der Waals surface area (Å²) in [5, 5.41) is 9.36. The average Bonchev–Trinajstić information content (AvgIpc) is 3.27. The first-order valence-corrected chi connectivity index (χ1v) is 12.5. The number of nitrogens with zero attached hydrogens (tertiary/aromatic N) is 3. The second kappa shape index (κ2) is 14.7. The molecule has 3 heterocycles. The molecular formula is C23H42IN5OS. The van der Waals surface area contributed by atoms with E-state index in [2.05, 4.69) is 56.8 Å². The predicted molar refractivity (Wildman–Crippen MR) is 143 cm³/mol. The lowest BCUT2D eigenvalue weighted by atomic mass is 9.97. The molecule has 0 amide bonds. The molecule has 31 heavy (non-hydrogen) atoms. The van der Waals surface area contributed by atoms with E-state index in [-0.39, 0.29) is 24.0 Å². The van der Waals surface area contributed by atoms with Gasteiger partial charge in [-0.2, -0.15) is 0 Å². The number of hydrogen-bond acceptors (Lipinski definition) is 5. The van der Waals surface area contributed by atoms with Gasteiger partial charge in [0.05, 0.1) is 13.2 Å². The maximum Gasteiger partial charge on any atom is 0.191 e. The van der Waals surface area contributed by atoms with Gasteiger partial charge in [-0.05, 0) is 55.6 Å². The minimum Gasteiger partial charge on any atom is -0.379 e. The number of hydrogen-bond donors (Lipinski definition) is 2. The minimum atomic E-state index is 0. The lowest BCUT2D eigenvalue weighted by Crippen LogP contribution is -2.51. The number of nitrogens with one attached hydrogen (secondary N) is 2. The van der Waals surface area contributed by atoms with Crippen LogP contribution in [0.3, 0.4) is 0 Å². The van der Waals surface area contributed by atoms with E-state index in [1.54, 1.807) is 0 Å². The number of piperidine rings is 1. The smallest absolute Gasteiger partial charge is 0.191 e. The van der Waals surface area contributed by atoms with Crippen molar-refractivity contribution in [1.82, 2.24) is 20.4 Å². The standard InChI is InChI=1S/C23H41N5OS.HI/c1-19(2)15-21(28-10-12-29-13-11-28)17-26-23(24-3)25-16-20-6-8-27(9-7-20)18-22-5-4-14-30-22;/h4-5,14,19-21H,6-13,15-18H2,1-3H3,(H2,24,25,26);1H. The Morgan fingerprint density at radius 2 is 1.94 bits per heavy atom. The fourth-order valence-corrected chi connectivity index (χ4v) is 5.24. The lowest BCUT2D eigenvalue weighted by Gasteiger charge is -2.36. The Morgan fingerprint density at radius 3 is 2.55 bits per heavy atom. The fraction of sp³-hybridized carbons (Fsp3) is 0.783. The number of halogens is 1. The van der Waals surface area contributed by atoms with Crippen LogP contribution in [-0.2, 0) is 11.3 Å². The van der Waals surface area contributed by atoms with E-state index in [1.807, 2.05) is 18.4 Å². The summed E-state index contributed by atoms with van der Waals surface area (Å²) in [6.45, 7) is 13.9. The maximum absolute atomic E-state index is 5.54. The molecule has 1 aromatic rings. The van der Waals surface area contributed by atoms with Gasteiger partial charge >= 0.3 is 0 Å². The molecule has 0 aromatic carbocycles. The van der Waals surface area contributed by atoms with Crippen LogP contribution in [0.2, 0.25) is 0 Å². The molecule has 0 spiro atoms. The summed E-state index contributed by atoms with van der Waals surface area (Å²) in [6, 6.07) is 4.94. The van der Waals surface area contributed by atoms with Crippen LogP contribution in [0.1, 0.15) is 38.0 Å². The quantitative estimate of drug-likeness (QED) is 0.274. The molecule has 0 saturated carbocycles. The predicted octanol–water partition coefficient (Wildman–Crippen LogP) is 3.49. The Kier molecular flexibility index (Phi) is 12.7. The molecule has 8 heteroatoms. The molecule has 2 N–H and O–H groups in total. The van der Waals surface area contributed by atoms with Crippen molar-refractivity contribution < 1.29 is 4.74 Å². The highest BCUT2D eigenvalue weighted by atomic mass is 127. The van der Waals surface area contributed by atoms with Gasteiger partial charge in [0.1, 0.15) is 0 Å². The lowest BCUT2D eigenvalue weighted by molar-refractivity contribution is 0.0132. The van der Waals surface area contributed by atoms with Crippen LogP contribution in [0.15, 0.2) is 22.5 Å². The van der Waals surface area contributed by atoms with E-state index in [0.29, 0.717) is 12.0 Å². The number of aliphatic imine (C=N–C) groups is 1. The van der Waals surface area contributed by atoms with Crippen molar-refractivity contribution in [1.29, 1.82) is 0 Å². The Bertz CT molecular complexity index is 613. The van der Waals surface area contributed by atoms with Crippen molar-refractivity contribution in [2.45, 2.75) is 45.7 Å². The normalized spacial score (nSPS) is 20.5. The van der Waals surface area contributed by atoms with Gasteiger partial charge in [0.2, 0.25) is 0 Å². The van der Waals surface area contributed by atoms with E-state index < -0.39 is 0 Å². The molecule has 0 bridgehead atoms. The first-order chi connectivity index (χ1) is 14.6. The van der Waals surface area contributed by atoms with Crippen molar-refractivity contribution in [2.24, 2.45) is 16.8 Å². The second-order valence-corrected chi connectivity index (χ2v) is 10.1. The SMILES string of the molecule is CN=C(NCC1CCN(Cc2cccs2)CC1)NCC(CC(C)C)N1CCOCC1.I. The largest absolute Gasteiger partial charge is 0.379 e. The van der Waals surface area contributed by atoms with Crippen molar-refractivity contribution in [3.63, 3.8) is 0 Å². The summed E-state index contributed by atoms with van der Waals surface area (Å²) in [5.74, 6) is 2.36. The summed E-state index contributed by atoms with van der Waals surface area (Å²) < 4.78 is 5.54. The first-order valence-electron chi connectivity index (χ1n) is 11.6. The number of ether oxygens (including phenoxy) is 1. The number of guanidine groups is 1. The molecule has 2 fully saturated rings. The molecule has 2 aliphatic rings. The second-order valence-electron chi connectivity index (χ2n) is 9.06. The third-order valence-corrected chi connectivity index (χ3v) is 7.12. The molecule has 2 aliphatic heterocycles. The molecule has 0 radical (unpaired) electrons. The zero-order chi connectivity index (χ0) is 21.2. The first kappa shape index (κ1) is 26.8. The van der Waals surface area contributed by atoms with Crippen molar-refractivity contribution >= 4 is 41.3 Å². The molecule has 0 aliphatic carbocycles. The van der Waals surface area contributed by atoms with Crippen LogP contribution in [0.5, 0.6) is 0 Å². The Balaban J connectivity index is 0.00000341. The van der Waals surface area contributed by atoms with E-state index in [1.165, 1.54) is 37.2 Å². The Morgan fingerprint density at radius 1 is 1.19 bits per heavy atom. The highest BCUT2D eigenvalue weighted by molar-refractivity contribution is 14.0. The minimum absolute atomic E-state index is 0. The van der Waals surface area contributed by atoms with Gasteiger partial charge in [0.15, 0.2) is 5.96 Å². The highest BCUT2D eigenvalue weighted by Crippen LogP contribution is 2.20. The summed E-state index contributed by atoms with van der Waals surface area (Å²) in [4.78, 5) is 11.1. The molecule has 2 saturated heterocycles. The van der Waals surface area contributed by atoms with Gasteiger partial charge in [-0.25, -0.2) is 0 Å². The maximum atomic E-state index is 5.54. The third kappa shape index (κ3) is 9.53. The summed E-state index contributed by atoms with van der Waals surface area (Å²) in [6.07, 6.45) is 3.73. The Labute approximate surface area is 210 Å². The average molecular weight is 564 g/mol. The molecule has 6 nitrogen and oxygen atoms in total. The number of thiophene rings is 1. The van der Waals surface area contributed by atoms with Crippen LogP contribution >= 0.6 is 35.3 Å². The van der Waals surface area contributed by atoms with Crippen molar-refractivity contribution in [2.75, 3.05) is 59.5 Å². The molecule has 178 valence electrons. The van der Waals surface area contributed by atoms with E-state index in [9.17, 15) is 0 Å². The van der Waals surface area contributed by atoms with Gasteiger partial charge in [-0.1, -0.05) is 19.9 Å². The van der Waals surface area contributed by atoms with E-state index in [4.69, 9.17) is 4.74 Å². The summed E-state index contributed by atoms with van der Waals surface area (Å²) >= 11 is 1.87. The number of rotatable bonds is 9. The van der Waals surface area contributed by atoms with Crippen molar-refractivity contribution in [3.05, 3.63) is 22.4 Å². The zero-order valence-electron chi connectivity index (χ0n) is 19.5. The van der Waals surface area contributed by atoms with Crippen LogP contribution < -0.4 is 10.6 Å². The monoisotopic (exact) mass is 563 g/mol. The van der Waals surface area contributed by atoms with Gasteiger partial charge in [-0.15, -0.1) is 35.3 Å². The van der Waals surface area contributed by atoms with Crippen molar-refractivity contribution in [3.8, 4) is 0 Å². The van der Waals surface area contributed by atoms with Gasteiger partial charge in [0, 0.05) is 50.7 Å². The van der Waals surface area contributed by atoms with E-state index in [0.717, 1.165) is 57.8 Å². The highest BCUT2D eigenvalue weighted by Gasteiger charge is 2.23. The Hall–Kier alpha value is -0.420. The number of likely N-dealkylation sites (tertiary alicyclic amines) is 1. The van der Waals surface area contributed by atoms with Crippen LogP contribution in [-0.4, -0.2) is 81.3 Å². The van der Waals surface area contributed by atoms with Crippen LogP contribution in [0.4, 0.5) is 0 Å². The molecule has 1 aromatic heterocycles. The molecule has 3 rings (SSSR count). The molecule has 1 unspecified atom stereocenters. The molecular weight excluding hydrogens is 521 g/mol. The van der Waals surface area contributed by atoms with Gasteiger partial charge in [0.25, 0.3) is 0 Å².